The van der Waals surface area contributed by atoms with Crippen LogP contribution in [0, 0.1) is 6.92 Å². The molecule has 0 saturated heterocycles. The number of aromatic nitrogens is 4. The molecule has 7 nitrogen and oxygen atoms in total. The number of hydrogen-bond donors (Lipinski definition) is 0. The van der Waals surface area contributed by atoms with Crippen molar-refractivity contribution in [1.29, 1.82) is 0 Å². The summed E-state index contributed by atoms with van der Waals surface area (Å²) >= 11 is 1.27. The molecular weight excluding hydrogens is 407 g/mol. The number of thiazole rings is 1. The summed E-state index contributed by atoms with van der Waals surface area (Å²) in [5.74, 6) is 0.533. The number of imidazole rings is 1. The number of aryl methyl sites for hydroxylation is 1. The normalized spacial score (nSPS) is 11.9. The predicted molar refractivity (Wildman–Crippen MR) is 98.3 cm³/mol. The topological polar surface area (TPSA) is 76.5 Å². The number of rotatable bonds is 4. The van der Waals surface area contributed by atoms with Crippen molar-refractivity contribution >= 4 is 22.2 Å². The molecule has 0 spiro atoms. The zero-order valence-corrected chi connectivity index (χ0v) is 16.1. The van der Waals surface area contributed by atoms with Crippen LogP contribution < -0.4 is 0 Å². The number of hydrogen-bond acceptors (Lipinski definition) is 6. The Balaban J connectivity index is 1.59. The molecule has 0 atom stereocenters. The highest BCUT2D eigenvalue weighted by Gasteiger charge is 2.30. The van der Waals surface area contributed by atoms with Gasteiger partial charge in [0.2, 0.25) is 5.89 Å². The molecule has 0 N–H and O–H groups in total. The van der Waals surface area contributed by atoms with E-state index in [0.717, 1.165) is 12.1 Å². The lowest BCUT2D eigenvalue weighted by Crippen LogP contribution is -2.27. The van der Waals surface area contributed by atoms with Crippen molar-refractivity contribution in [3.8, 4) is 11.3 Å². The minimum atomic E-state index is -4.39. The summed E-state index contributed by atoms with van der Waals surface area (Å²) in [4.78, 5) is 23.3. The maximum atomic E-state index is 12.8. The second-order valence-corrected chi connectivity index (χ2v) is 7.20. The van der Waals surface area contributed by atoms with Crippen molar-refractivity contribution in [1.82, 2.24) is 24.4 Å². The Morgan fingerprint density at radius 2 is 1.97 bits per heavy atom. The van der Waals surface area contributed by atoms with Gasteiger partial charge in [-0.25, -0.2) is 4.98 Å². The maximum Gasteiger partial charge on any atom is 0.416 e. The first-order valence-corrected chi connectivity index (χ1v) is 9.29. The smallest absolute Gasteiger partial charge is 0.340 e. The van der Waals surface area contributed by atoms with Crippen LogP contribution in [0.15, 0.2) is 40.4 Å². The first kappa shape index (κ1) is 19.1. The van der Waals surface area contributed by atoms with E-state index in [0.29, 0.717) is 33.6 Å². The van der Waals surface area contributed by atoms with Gasteiger partial charge in [0.15, 0.2) is 10.8 Å². The van der Waals surface area contributed by atoms with Crippen LogP contribution >= 0.6 is 11.3 Å². The Hall–Kier alpha value is -3.21. The van der Waals surface area contributed by atoms with Crippen LogP contribution in [0.3, 0.4) is 0 Å². The van der Waals surface area contributed by atoms with Crippen LogP contribution in [-0.4, -0.2) is 37.4 Å². The molecular formula is C18H14F3N5O2S. The Kier molecular flexibility index (Phi) is 4.61. The van der Waals surface area contributed by atoms with Crippen molar-refractivity contribution in [2.45, 2.75) is 19.6 Å². The van der Waals surface area contributed by atoms with Crippen molar-refractivity contribution < 1.29 is 22.5 Å². The van der Waals surface area contributed by atoms with Crippen LogP contribution in [0.4, 0.5) is 13.2 Å². The lowest BCUT2D eigenvalue weighted by Gasteiger charge is -2.14. The average Bonchev–Trinajstić information content (AvgIpc) is 3.36. The zero-order valence-electron chi connectivity index (χ0n) is 15.3. The summed E-state index contributed by atoms with van der Waals surface area (Å²) in [5.41, 5.74) is 0.675. The van der Waals surface area contributed by atoms with Gasteiger partial charge < -0.3 is 9.42 Å². The number of benzene rings is 1. The third-order valence-corrected chi connectivity index (χ3v) is 5.07. The first-order chi connectivity index (χ1) is 13.7. The Bertz CT molecular complexity index is 1180. The number of amides is 1. The van der Waals surface area contributed by atoms with Gasteiger partial charge in [-0.1, -0.05) is 17.3 Å². The second kappa shape index (κ2) is 6.99. The van der Waals surface area contributed by atoms with Gasteiger partial charge in [-0.05, 0) is 12.1 Å². The Morgan fingerprint density at radius 3 is 2.59 bits per heavy atom. The van der Waals surface area contributed by atoms with E-state index in [4.69, 9.17) is 4.52 Å². The van der Waals surface area contributed by atoms with Gasteiger partial charge in [0.05, 0.1) is 17.8 Å². The summed E-state index contributed by atoms with van der Waals surface area (Å²) in [6.07, 6.45) is -2.76. The minimum Gasteiger partial charge on any atom is -0.340 e. The third-order valence-electron chi connectivity index (χ3n) is 4.23. The van der Waals surface area contributed by atoms with E-state index in [-0.39, 0.29) is 12.5 Å². The Labute approximate surface area is 166 Å². The first-order valence-electron chi connectivity index (χ1n) is 8.41. The van der Waals surface area contributed by atoms with E-state index in [1.807, 2.05) is 0 Å². The molecule has 3 aromatic heterocycles. The molecule has 0 aliphatic carbocycles. The van der Waals surface area contributed by atoms with Crippen molar-refractivity contribution in [3.63, 3.8) is 0 Å². The molecule has 150 valence electrons. The lowest BCUT2D eigenvalue weighted by molar-refractivity contribution is -0.137. The van der Waals surface area contributed by atoms with Crippen LogP contribution in [0.25, 0.3) is 16.2 Å². The number of carbonyl (C=O) groups is 1. The fourth-order valence-corrected chi connectivity index (χ4v) is 3.64. The summed E-state index contributed by atoms with van der Waals surface area (Å²) in [6.45, 7) is 1.84. The highest BCUT2D eigenvalue weighted by molar-refractivity contribution is 7.15. The SMILES string of the molecule is Cc1nc(CN(C)C(=O)c2csc3nc(-c4ccc(C(F)(F)F)cc4)cn23)no1. The van der Waals surface area contributed by atoms with Crippen LogP contribution in [0.2, 0.25) is 0 Å². The highest BCUT2D eigenvalue weighted by Crippen LogP contribution is 2.31. The van der Waals surface area contributed by atoms with Crippen molar-refractivity contribution in [3.05, 3.63) is 58.8 Å². The maximum absolute atomic E-state index is 12.8. The predicted octanol–water partition coefficient (Wildman–Crippen LogP) is 4.05. The largest absolute Gasteiger partial charge is 0.416 e. The fraction of sp³-hybridized carbons (Fsp3) is 0.222. The monoisotopic (exact) mass is 421 g/mol. The zero-order chi connectivity index (χ0) is 20.8. The van der Waals surface area contributed by atoms with E-state index in [1.165, 1.54) is 28.4 Å². The molecule has 0 radical (unpaired) electrons. The summed E-state index contributed by atoms with van der Waals surface area (Å²) in [5, 5.41) is 5.45. The number of halogens is 3. The van der Waals surface area contributed by atoms with Gasteiger partial charge in [0.25, 0.3) is 5.91 Å². The fourth-order valence-electron chi connectivity index (χ4n) is 2.79. The number of nitrogens with zero attached hydrogens (tertiary/aromatic N) is 5. The van der Waals surface area contributed by atoms with E-state index >= 15 is 0 Å². The molecule has 3 heterocycles. The third kappa shape index (κ3) is 3.73. The van der Waals surface area contributed by atoms with Crippen LogP contribution in [-0.2, 0) is 12.7 Å². The molecule has 0 aliphatic rings. The number of alkyl halides is 3. The van der Waals surface area contributed by atoms with Crippen LogP contribution in [0.5, 0.6) is 0 Å². The van der Waals surface area contributed by atoms with Gasteiger partial charge in [-0.2, -0.15) is 18.2 Å². The molecule has 4 aromatic rings. The molecule has 11 heteroatoms. The standard InChI is InChI=1S/C18H14F3N5O2S/c1-10-22-15(24-28-10)8-25(2)16(27)14-9-29-17-23-13(7-26(14)17)11-3-5-12(6-4-11)18(19,20)21/h3-7,9H,8H2,1-2H3. The van der Waals surface area contributed by atoms with E-state index in [2.05, 4.69) is 15.1 Å². The molecule has 29 heavy (non-hydrogen) atoms. The summed E-state index contributed by atoms with van der Waals surface area (Å²) < 4.78 is 44.7. The molecule has 0 fully saturated rings. The molecule has 0 unspecified atom stereocenters. The van der Waals surface area contributed by atoms with E-state index < -0.39 is 11.7 Å². The summed E-state index contributed by atoms with van der Waals surface area (Å²) in [7, 11) is 1.62. The second-order valence-electron chi connectivity index (χ2n) is 6.37. The van der Waals surface area contributed by atoms with Gasteiger partial charge in [0.1, 0.15) is 5.69 Å². The molecule has 0 aliphatic heterocycles. The Morgan fingerprint density at radius 1 is 1.24 bits per heavy atom. The minimum absolute atomic E-state index is 0.175. The van der Waals surface area contributed by atoms with E-state index in [1.54, 1.807) is 29.9 Å². The van der Waals surface area contributed by atoms with Gasteiger partial charge in [-0.3, -0.25) is 9.20 Å². The van der Waals surface area contributed by atoms with Crippen molar-refractivity contribution in [2.24, 2.45) is 0 Å². The number of carbonyl (C=O) groups excluding carboxylic acids is 1. The molecule has 1 amide bonds. The molecule has 0 saturated carbocycles. The van der Waals surface area contributed by atoms with E-state index in [9.17, 15) is 18.0 Å². The molecule has 4 rings (SSSR count). The molecule has 1 aromatic carbocycles. The van der Waals surface area contributed by atoms with Gasteiger partial charge in [-0.15, -0.1) is 11.3 Å². The quantitative estimate of drug-likeness (QED) is 0.497. The average molecular weight is 421 g/mol. The highest BCUT2D eigenvalue weighted by atomic mass is 32.1. The van der Waals surface area contributed by atoms with Crippen molar-refractivity contribution in [2.75, 3.05) is 7.05 Å². The number of fused-ring (bicyclic) bond motifs is 1. The van der Waals surface area contributed by atoms with Gasteiger partial charge in [0, 0.05) is 31.1 Å². The van der Waals surface area contributed by atoms with Crippen LogP contribution in [0.1, 0.15) is 27.8 Å². The lowest BCUT2D eigenvalue weighted by atomic mass is 10.1. The molecule has 0 bridgehead atoms. The summed E-state index contributed by atoms with van der Waals surface area (Å²) in [6, 6.07) is 4.74. The van der Waals surface area contributed by atoms with Gasteiger partial charge >= 0.3 is 6.18 Å².